The summed E-state index contributed by atoms with van der Waals surface area (Å²) >= 11 is 0. The third kappa shape index (κ3) is 5.99. The summed E-state index contributed by atoms with van der Waals surface area (Å²) in [6, 6.07) is 0. The Bertz CT molecular complexity index is 326. The molecule has 0 aliphatic heterocycles. The van der Waals surface area contributed by atoms with E-state index >= 15 is 0 Å². The van der Waals surface area contributed by atoms with Crippen LogP contribution in [0.4, 0.5) is 0 Å². The third-order valence-corrected chi connectivity index (χ3v) is 4.41. The van der Waals surface area contributed by atoms with E-state index in [1.807, 2.05) is 13.8 Å². The molecule has 0 saturated heterocycles. The van der Waals surface area contributed by atoms with Gasteiger partial charge in [-0.05, 0) is 12.8 Å². The fourth-order valence-corrected chi connectivity index (χ4v) is 2.45. The minimum atomic E-state index is -3.58. The first kappa shape index (κ1) is 16.3. The maximum Gasteiger partial charge on any atom is 0.304 e. The second-order valence-corrected chi connectivity index (χ2v) is 6.08. The fourth-order valence-electron chi connectivity index (χ4n) is 1.34. The first-order valence-electron chi connectivity index (χ1n) is 5.61. The standard InChI is InChI=1S/C10H21NO5S/c1-3-10(4-2,8-12)7-11-17(15,16)6-5-9(13)14/h11-12H,3-8H2,1-2H3,(H,13,14). The largest absolute Gasteiger partial charge is 0.481 e. The Kier molecular flexibility index (Phi) is 6.66. The number of aliphatic hydroxyl groups excluding tert-OH is 1. The number of aliphatic hydroxyl groups is 1. The molecule has 0 amide bonds. The molecule has 0 spiro atoms. The summed E-state index contributed by atoms with van der Waals surface area (Å²) in [5.74, 6) is -1.58. The van der Waals surface area contributed by atoms with Crippen LogP contribution in [-0.4, -0.2) is 43.5 Å². The first-order valence-corrected chi connectivity index (χ1v) is 7.26. The van der Waals surface area contributed by atoms with Crippen LogP contribution in [0.25, 0.3) is 0 Å². The molecule has 0 heterocycles. The molecule has 0 aromatic carbocycles. The average Bonchev–Trinajstić information content (AvgIpc) is 2.29. The summed E-state index contributed by atoms with van der Waals surface area (Å²) in [4.78, 5) is 10.3. The molecule has 0 atom stereocenters. The van der Waals surface area contributed by atoms with E-state index in [-0.39, 0.29) is 13.2 Å². The predicted molar refractivity (Wildman–Crippen MR) is 64.1 cm³/mol. The van der Waals surface area contributed by atoms with Crippen molar-refractivity contribution in [1.82, 2.24) is 4.72 Å². The van der Waals surface area contributed by atoms with Crippen LogP contribution in [-0.2, 0) is 14.8 Å². The Morgan fingerprint density at radius 1 is 1.29 bits per heavy atom. The molecule has 0 radical (unpaired) electrons. The van der Waals surface area contributed by atoms with Crippen LogP contribution < -0.4 is 4.72 Å². The monoisotopic (exact) mass is 267 g/mol. The van der Waals surface area contributed by atoms with Gasteiger partial charge in [0.05, 0.1) is 12.2 Å². The van der Waals surface area contributed by atoms with E-state index in [0.717, 1.165) is 0 Å². The summed E-state index contributed by atoms with van der Waals surface area (Å²) in [6.07, 6.45) is 0.891. The second-order valence-electron chi connectivity index (χ2n) is 4.15. The van der Waals surface area contributed by atoms with Crippen LogP contribution in [0.1, 0.15) is 33.1 Å². The average molecular weight is 267 g/mol. The van der Waals surface area contributed by atoms with E-state index in [1.54, 1.807) is 0 Å². The van der Waals surface area contributed by atoms with E-state index in [0.29, 0.717) is 12.8 Å². The van der Waals surface area contributed by atoms with Crippen molar-refractivity contribution in [2.75, 3.05) is 18.9 Å². The van der Waals surface area contributed by atoms with Gasteiger partial charge in [-0.15, -0.1) is 0 Å². The van der Waals surface area contributed by atoms with Crippen molar-refractivity contribution in [3.8, 4) is 0 Å². The quantitative estimate of drug-likeness (QED) is 0.553. The van der Waals surface area contributed by atoms with E-state index in [9.17, 15) is 18.3 Å². The molecule has 0 saturated carbocycles. The SMILES string of the molecule is CCC(CC)(CO)CNS(=O)(=O)CCC(=O)O. The van der Waals surface area contributed by atoms with Crippen LogP contribution in [0, 0.1) is 5.41 Å². The summed E-state index contributed by atoms with van der Waals surface area (Å²) in [5.41, 5.74) is -0.462. The van der Waals surface area contributed by atoms with Crippen molar-refractivity contribution in [1.29, 1.82) is 0 Å². The van der Waals surface area contributed by atoms with Crippen molar-refractivity contribution in [3.63, 3.8) is 0 Å². The maximum atomic E-state index is 11.5. The van der Waals surface area contributed by atoms with Crippen LogP contribution >= 0.6 is 0 Å². The molecule has 0 aromatic rings. The number of carboxylic acids is 1. The van der Waals surface area contributed by atoms with Crippen molar-refractivity contribution in [3.05, 3.63) is 0 Å². The van der Waals surface area contributed by atoms with Gasteiger partial charge in [0, 0.05) is 18.6 Å². The fraction of sp³-hybridized carbons (Fsp3) is 0.900. The van der Waals surface area contributed by atoms with Crippen molar-refractivity contribution < 1.29 is 23.4 Å². The maximum absolute atomic E-state index is 11.5. The van der Waals surface area contributed by atoms with Gasteiger partial charge in [-0.2, -0.15) is 0 Å². The molecule has 17 heavy (non-hydrogen) atoms. The Hall–Kier alpha value is -0.660. The van der Waals surface area contributed by atoms with E-state index < -0.39 is 33.6 Å². The first-order chi connectivity index (χ1) is 7.81. The third-order valence-electron chi connectivity index (χ3n) is 3.09. The molecule has 0 bridgehead atoms. The highest BCUT2D eigenvalue weighted by Crippen LogP contribution is 2.24. The van der Waals surface area contributed by atoms with Gasteiger partial charge in [0.1, 0.15) is 0 Å². The van der Waals surface area contributed by atoms with Gasteiger partial charge in [0.15, 0.2) is 0 Å². The summed E-state index contributed by atoms with van der Waals surface area (Å²) in [6.45, 7) is 3.80. The van der Waals surface area contributed by atoms with Gasteiger partial charge in [-0.25, -0.2) is 13.1 Å². The summed E-state index contributed by atoms with van der Waals surface area (Å²) in [7, 11) is -3.58. The van der Waals surface area contributed by atoms with Crippen LogP contribution in [0.3, 0.4) is 0 Å². The molecule has 0 rings (SSSR count). The lowest BCUT2D eigenvalue weighted by molar-refractivity contribution is -0.136. The van der Waals surface area contributed by atoms with Crippen LogP contribution in [0.15, 0.2) is 0 Å². The summed E-state index contributed by atoms with van der Waals surface area (Å²) < 4.78 is 25.3. The highest BCUT2D eigenvalue weighted by Gasteiger charge is 2.27. The molecule has 0 aromatic heterocycles. The Morgan fingerprint density at radius 2 is 1.82 bits per heavy atom. The van der Waals surface area contributed by atoms with E-state index in [4.69, 9.17) is 5.11 Å². The topological polar surface area (TPSA) is 104 Å². The number of aliphatic carboxylic acids is 1. The van der Waals surface area contributed by atoms with Crippen molar-refractivity contribution in [2.24, 2.45) is 5.41 Å². The zero-order chi connectivity index (χ0) is 13.5. The van der Waals surface area contributed by atoms with Crippen molar-refractivity contribution >= 4 is 16.0 Å². The minimum absolute atomic E-state index is 0.0958. The second kappa shape index (κ2) is 6.93. The number of nitrogens with one attached hydrogen (secondary N) is 1. The predicted octanol–water partition coefficient (Wildman–Crippen LogP) is 0.179. The van der Waals surface area contributed by atoms with Gasteiger partial charge in [0.25, 0.3) is 0 Å². The van der Waals surface area contributed by atoms with E-state index in [2.05, 4.69) is 4.72 Å². The molecular weight excluding hydrogens is 246 g/mol. The molecule has 0 unspecified atom stereocenters. The number of carboxylic acid groups (broad SMARTS) is 1. The minimum Gasteiger partial charge on any atom is -0.481 e. The Labute approximate surface area is 102 Å². The molecule has 7 heteroatoms. The van der Waals surface area contributed by atoms with Gasteiger partial charge >= 0.3 is 5.97 Å². The Balaban J connectivity index is 4.38. The van der Waals surface area contributed by atoms with Crippen LogP contribution in [0.5, 0.6) is 0 Å². The molecular formula is C10H21NO5S. The van der Waals surface area contributed by atoms with Crippen molar-refractivity contribution in [2.45, 2.75) is 33.1 Å². The normalized spacial score (nSPS) is 12.6. The van der Waals surface area contributed by atoms with Gasteiger partial charge in [-0.3, -0.25) is 4.79 Å². The van der Waals surface area contributed by atoms with Gasteiger partial charge < -0.3 is 10.2 Å². The zero-order valence-electron chi connectivity index (χ0n) is 10.3. The van der Waals surface area contributed by atoms with Gasteiger partial charge in [-0.1, -0.05) is 13.8 Å². The number of hydrogen-bond acceptors (Lipinski definition) is 4. The lowest BCUT2D eigenvalue weighted by Crippen LogP contribution is -2.40. The van der Waals surface area contributed by atoms with Crippen LogP contribution in [0.2, 0.25) is 0 Å². The Morgan fingerprint density at radius 3 is 2.18 bits per heavy atom. The molecule has 0 aliphatic carbocycles. The van der Waals surface area contributed by atoms with E-state index in [1.165, 1.54) is 0 Å². The smallest absolute Gasteiger partial charge is 0.304 e. The van der Waals surface area contributed by atoms with Gasteiger partial charge in [0.2, 0.25) is 10.0 Å². The number of sulfonamides is 1. The summed E-state index contributed by atoms with van der Waals surface area (Å²) in [5, 5.41) is 17.7. The number of rotatable bonds is 9. The zero-order valence-corrected chi connectivity index (χ0v) is 11.1. The molecule has 6 nitrogen and oxygen atoms in total. The molecule has 102 valence electrons. The lowest BCUT2D eigenvalue weighted by Gasteiger charge is -2.29. The number of carbonyl (C=O) groups is 1. The molecule has 0 fully saturated rings. The lowest BCUT2D eigenvalue weighted by atomic mass is 9.84. The highest BCUT2D eigenvalue weighted by molar-refractivity contribution is 7.89. The molecule has 0 aliphatic rings. The highest BCUT2D eigenvalue weighted by atomic mass is 32.2. The molecule has 3 N–H and O–H groups in total. The number of hydrogen-bond donors (Lipinski definition) is 3.